The van der Waals surface area contributed by atoms with Crippen LogP contribution in [0.15, 0.2) is 18.2 Å². The Hall–Kier alpha value is -0.690. The van der Waals surface area contributed by atoms with Gasteiger partial charge in [0, 0.05) is 16.8 Å². The number of halogens is 1. The van der Waals surface area contributed by atoms with E-state index >= 15 is 0 Å². The topological polar surface area (TPSA) is 12.0 Å². The van der Waals surface area contributed by atoms with Gasteiger partial charge in [0.1, 0.15) is 0 Å². The van der Waals surface area contributed by atoms with E-state index in [4.69, 9.17) is 11.6 Å². The van der Waals surface area contributed by atoms with Crippen LogP contribution in [0.4, 0.5) is 5.69 Å². The van der Waals surface area contributed by atoms with Gasteiger partial charge in [-0.25, -0.2) is 0 Å². The largest absolute Gasteiger partial charge is 0.382 e. The molecule has 2 fully saturated rings. The minimum absolute atomic E-state index is 0.650. The van der Waals surface area contributed by atoms with E-state index in [1.54, 1.807) is 0 Å². The third kappa shape index (κ3) is 2.91. The van der Waals surface area contributed by atoms with Gasteiger partial charge in [0.05, 0.1) is 0 Å². The van der Waals surface area contributed by atoms with Crippen molar-refractivity contribution in [3.05, 3.63) is 28.8 Å². The van der Waals surface area contributed by atoms with Gasteiger partial charge in [0.25, 0.3) is 0 Å². The Balaban J connectivity index is 1.66. The van der Waals surface area contributed by atoms with Gasteiger partial charge < -0.3 is 5.32 Å². The first-order valence-corrected chi connectivity index (χ1v) is 8.13. The number of nitrogens with one attached hydrogen (secondary N) is 1. The number of fused-ring (bicyclic) bond motifs is 1. The van der Waals surface area contributed by atoms with E-state index in [0.717, 1.165) is 16.9 Å². The lowest BCUT2D eigenvalue weighted by molar-refractivity contribution is 0.162. The molecule has 19 heavy (non-hydrogen) atoms. The molecule has 1 N–H and O–H groups in total. The molecule has 2 saturated carbocycles. The Morgan fingerprint density at radius 3 is 2.68 bits per heavy atom. The molecule has 1 aromatic rings. The van der Waals surface area contributed by atoms with Crippen LogP contribution in [0.5, 0.6) is 0 Å². The minimum Gasteiger partial charge on any atom is -0.382 e. The van der Waals surface area contributed by atoms with Gasteiger partial charge in [-0.2, -0.15) is 0 Å². The minimum atomic E-state index is 0.650. The Morgan fingerprint density at radius 1 is 1.05 bits per heavy atom. The number of anilines is 1. The Kier molecular flexibility index (Phi) is 4.02. The highest BCUT2D eigenvalue weighted by Gasteiger charge is 2.32. The molecule has 1 aromatic carbocycles. The van der Waals surface area contributed by atoms with Gasteiger partial charge in [-0.05, 0) is 55.7 Å². The fraction of sp³-hybridized carbons (Fsp3) is 0.647. The Labute approximate surface area is 121 Å². The molecule has 3 rings (SSSR count). The summed E-state index contributed by atoms with van der Waals surface area (Å²) in [6.45, 7) is 2.11. The molecule has 0 bridgehead atoms. The maximum absolute atomic E-state index is 6.20. The molecule has 0 amide bonds. The van der Waals surface area contributed by atoms with Crippen molar-refractivity contribution in [3.63, 3.8) is 0 Å². The van der Waals surface area contributed by atoms with Crippen LogP contribution in [0.2, 0.25) is 5.02 Å². The lowest BCUT2D eigenvalue weighted by Crippen LogP contribution is -2.34. The Bertz CT molecular complexity index is 443. The second-order valence-corrected chi connectivity index (χ2v) is 6.78. The predicted molar refractivity (Wildman–Crippen MR) is 82.9 cm³/mol. The van der Waals surface area contributed by atoms with Crippen LogP contribution in [-0.4, -0.2) is 6.04 Å². The van der Waals surface area contributed by atoms with Crippen LogP contribution in [0.1, 0.15) is 50.5 Å². The fourth-order valence-corrected chi connectivity index (χ4v) is 4.16. The van der Waals surface area contributed by atoms with Gasteiger partial charge >= 0.3 is 0 Å². The van der Waals surface area contributed by atoms with E-state index in [1.165, 1.54) is 56.2 Å². The SMILES string of the molecule is Cc1c(Cl)cccc1NC1CCC2CCCCC2C1. The summed E-state index contributed by atoms with van der Waals surface area (Å²) >= 11 is 6.20. The molecule has 0 aliphatic heterocycles. The number of hydrogen-bond acceptors (Lipinski definition) is 1. The molecule has 2 aliphatic carbocycles. The van der Waals surface area contributed by atoms with Crippen LogP contribution in [0.3, 0.4) is 0 Å². The molecule has 104 valence electrons. The lowest BCUT2D eigenvalue weighted by Gasteiger charge is -2.40. The molecule has 0 saturated heterocycles. The second kappa shape index (κ2) is 5.75. The van der Waals surface area contributed by atoms with Crippen molar-refractivity contribution < 1.29 is 0 Å². The Morgan fingerprint density at radius 2 is 1.84 bits per heavy atom. The lowest BCUT2D eigenvalue weighted by atomic mass is 9.69. The maximum atomic E-state index is 6.20. The summed E-state index contributed by atoms with van der Waals surface area (Å²) in [4.78, 5) is 0. The highest BCUT2D eigenvalue weighted by Crippen LogP contribution is 2.41. The van der Waals surface area contributed by atoms with E-state index in [2.05, 4.69) is 18.3 Å². The average molecular weight is 278 g/mol. The fourth-order valence-electron chi connectivity index (χ4n) is 3.99. The van der Waals surface area contributed by atoms with Gasteiger partial charge in [-0.1, -0.05) is 43.4 Å². The summed E-state index contributed by atoms with van der Waals surface area (Å²) in [5, 5.41) is 4.61. The van der Waals surface area contributed by atoms with Crippen molar-refractivity contribution in [2.45, 2.75) is 57.9 Å². The van der Waals surface area contributed by atoms with Crippen LogP contribution in [-0.2, 0) is 0 Å². The van der Waals surface area contributed by atoms with Crippen molar-refractivity contribution in [2.75, 3.05) is 5.32 Å². The maximum Gasteiger partial charge on any atom is 0.0455 e. The molecular weight excluding hydrogens is 254 g/mol. The van der Waals surface area contributed by atoms with Gasteiger partial charge in [-0.15, -0.1) is 0 Å². The van der Waals surface area contributed by atoms with Crippen LogP contribution in [0, 0.1) is 18.8 Å². The van der Waals surface area contributed by atoms with Crippen molar-refractivity contribution in [2.24, 2.45) is 11.8 Å². The van der Waals surface area contributed by atoms with E-state index < -0.39 is 0 Å². The molecule has 0 aromatic heterocycles. The summed E-state index contributed by atoms with van der Waals surface area (Å²) in [7, 11) is 0. The summed E-state index contributed by atoms with van der Waals surface area (Å²) in [5.41, 5.74) is 2.42. The average Bonchev–Trinajstić information content (AvgIpc) is 2.44. The molecule has 0 spiro atoms. The first-order valence-electron chi connectivity index (χ1n) is 7.75. The van der Waals surface area contributed by atoms with Crippen LogP contribution >= 0.6 is 11.6 Å². The summed E-state index contributed by atoms with van der Waals surface area (Å²) in [5.74, 6) is 1.99. The van der Waals surface area contributed by atoms with E-state index in [1.807, 2.05) is 12.1 Å². The normalized spacial score (nSPS) is 30.7. The smallest absolute Gasteiger partial charge is 0.0455 e. The zero-order chi connectivity index (χ0) is 13.2. The number of hydrogen-bond donors (Lipinski definition) is 1. The highest BCUT2D eigenvalue weighted by atomic mass is 35.5. The van der Waals surface area contributed by atoms with E-state index in [-0.39, 0.29) is 0 Å². The first kappa shape index (κ1) is 13.3. The molecule has 3 unspecified atom stereocenters. The standard InChI is InChI=1S/C17H24ClN/c1-12-16(18)7-4-8-17(12)19-15-10-9-13-5-2-3-6-14(13)11-15/h4,7-8,13-15,19H,2-3,5-6,9-11H2,1H3. The number of benzene rings is 1. The third-order valence-electron chi connectivity index (χ3n) is 5.17. The molecule has 2 aliphatic rings. The second-order valence-electron chi connectivity index (χ2n) is 6.37. The van der Waals surface area contributed by atoms with Crippen LogP contribution in [0.25, 0.3) is 0 Å². The monoisotopic (exact) mass is 277 g/mol. The highest BCUT2D eigenvalue weighted by molar-refractivity contribution is 6.31. The third-order valence-corrected chi connectivity index (χ3v) is 5.58. The molecule has 0 radical (unpaired) electrons. The van der Waals surface area contributed by atoms with Gasteiger partial charge in [0.15, 0.2) is 0 Å². The van der Waals surface area contributed by atoms with Crippen molar-refractivity contribution >= 4 is 17.3 Å². The van der Waals surface area contributed by atoms with Crippen molar-refractivity contribution in [1.82, 2.24) is 0 Å². The summed E-state index contributed by atoms with van der Waals surface area (Å²) in [6, 6.07) is 6.83. The zero-order valence-electron chi connectivity index (χ0n) is 11.8. The predicted octanol–water partition coefficient (Wildman–Crippen LogP) is 5.42. The van der Waals surface area contributed by atoms with Crippen molar-refractivity contribution in [3.8, 4) is 0 Å². The molecule has 0 heterocycles. The molecule has 1 nitrogen and oxygen atoms in total. The van der Waals surface area contributed by atoms with E-state index in [0.29, 0.717) is 6.04 Å². The number of rotatable bonds is 2. The van der Waals surface area contributed by atoms with E-state index in [9.17, 15) is 0 Å². The van der Waals surface area contributed by atoms with Gasteiger partial charge in [0.2, 0.25) is 0 Å². The molecule has 2 heteroatoms. The zero-order valence-corrected chi connectivity index (χ0v) is 12.5. The summed E-state index contributed by atoms with van der Waals surface area (Å²) < 4.78 is 0. The van der Waals surface area contributed by atoms with Crippen LogP contribution < -0.4 is 5.32 Å². The quantitative estimate of drug-likeness (QED) is 0.761. The van der Waals surface area contributed by atoms with Crippen molar-refractivity contribution in [1.29, 1.82) is 0 Å². The summed E-state index contributed by atoms with van der Waals surface area (Å²) in [6.07, 6.45) is 9.95. The van der Waals surface area contributed by atoms with Gasteiger partial charge in [-0.3, -0.25) is 0 Å². The first-order chi connectivity index (χ1) is 9.24. The molecular formula is C17H24ClN. The molecule has 3 atom stereocenters.